The lowest BCUT2D eigenvalue weighted by molar-refractivity contribution is 0.102. The van der Waals surface area contributed by atoms with Crippen molar-refractivity contribution in [2.45, 2.75) is 0 Å². The highest BCUT2D eigenvalue weighted by atomic mass is 127. The summed E-state index contributed by atoms with van der Waals surface area (Å²) in [5.41, 5.74) is 5.45. The van der Waals surface area contributed by atoms with Crippen molar-refractivity contribution < 1.29 is 18.0 Å². The minimum absolute atomic E-state index is 0.182. The highest BCUT2D eigenvalue weighted by Gasteiger charge is 2.15. The van der Waals surface area contributed by atoms with Crippen LogP contribution in [-0.2, 0) is 0 Å². The van der Waals surface area contributed by atoms with Crippen LogP contribution in [0.5, 0.6) is 0 Å². The summed E-state index contributed by atoms with van der Waals surface area (Å²) < 4.78 is 39.5. The lowest BCUT2D eigenvalue weighted by Crippen LogP contribution is -2.15. The zero-order valence-electron chi connectivity index (χ0n) is 9.88. The predicted molar refractivity (Wildman–Crippen MR) is 77.8 cm³/mol. The molecule has 0 unspecified atom stereocenters. The Morgan fingerprint density at radius 2 is 1.75 bits per heavy atom. The molecule has 2 aromatic rings. The van der Waals surface area contributed by atoms with Gasteiger partial charge in [-0.05, 0) is 46.9 Å². The first-order valence-corrected chi connectivity index (χ1v) is 6.47. The van der Waals surface area contributed by atoms with Crippen molar-refractivity contribution in [1.82, 2.24) is 0 Å². The number of nitrogen functional groups attached to an aromatic ring is 1. The van der Waals surface area contributed by atoms with Gasteiger partial charge >= 0.3 is 0 Å². The van der Waals surface area contributed by atoms with E-state index in [1.165, 1.54) is 18.2 Å². The lowest BCUT2D eigenvalue weighted by atomic mass is 10.1. The third-order valence-corrected chi connectivity index (χ3v) is 3.41. The van der Waals surface area contributed by atoms with E-state index < -0.39 is 23.4 Å². The van der Waals surface area contributed by atoms with Gasteiger partial charge in [0.05, 0.1) is 11.3 Å². The van der Waals surface area contributed by atoms with Crippen molar-refractivity contribution in [3.63, 3.8) is 0 Å². The topological polar surface area (TPSA) is 55.1 Å². The van der Waals surface area contributed by atoms with Crippen LogP contribution in [0.4, 0.5) is 24.5 Å². The normalized spacial score (nSPS) is 10.4. The maximum absolute atomic E-state index is 13.1. The number of nitrogens with one attached hydrogen (secondary N) is 1. The molecule has 0 radical (unpaired) electrons. The van der Waals surface area contributed by atoms with Gasteiger partial charge in [0.15, 0.2) is 11.6 Å². The lowest BCUT2D eigenvalue weighted by Gasteiger charge is -2.09. The fourth-order valence-electron chi connectivity index (χ4n) is 1.54. The molecule has 0 aliphatic heterocycles. The molecule has 2 aromatic carbocycles. The third-order valence-electron chi connectivity index (χ3n) is 2.52. The summed E-state index contributed by atoms with van der Waals surface area (Å²) in [4.78, 5) is 12.0. The Bertz CT molecular complexity index is 692. The molecular weight excluding hydrogens is 384 g/mol. The summed E-state index contributed by atoms with van der Waals surface area (Å²) in [5.74, 6) is -3.45. The predicted octanol–water partition coefficient (Wildman–Crippen LogP) is 3.54. The molecule has 1 amide bonds. The first-order chi connectivity index (χ1) is 9.38. The first kappa shape index (κ1) is 14.6. The molecule has 0 fully saturated rings. The number of carbonyl (C=O) groups excluding carboxylic acids is 1. The van der Waals surface area contributed by atoms with Crippen molar-refractivity contribution in [3.8, 4) is 0 Å². The molecule has 2 rings (SSSR count). The zero-order valence-corrected chi connectivity index (χ0v) is 12.0. The van der Waals surface area contributed by atoms with E-state index in [1.807, 2.05) is 22.6 Å². The Balaban J connectivity index is 2.31. The molecule has 104 valence electrons. The number of hydrogen-bond donors (Lipinski definition) is 2. The van der Waals surface area contributed by atoms with Gasteiger partial charge in [0.2, 0.25) is 0 Å². The van der Waals surface area contributed by atoms with E-state index in [0.717, 1.165) is 12.1 Å². The second-order valence-electron chi connectivity index (χ2n) is 3.93. The number of benzene rings is 2. The van der Waals surface area contributed by atoms with Crippen LogP contribution in [0.15, 0.2) is 30.3 Å². The number of nitrogens with two attached hydrogens (primary N) is 1. The van der Waals surface area contributed by atoms with Crippen LogP contribution in [0.25, 0.3) is 0 Å². The fourth-order valence-corrected chi connectivity index (χ4v) is 2.15. The van der Waals surface area contributed by atoms with Gasteiger partial charge in [-0.2, -0.15) is 0 Å². The number of amides is 1. The summed E-state index contributed by atoms with van der Waals surface area (Å²) in [5, 5.41) is 2.46. The van der Waals surface area contributed by atoms with Gasteiger partial charge in [-0.1, -0.05) is 0 Å². The van der Waals surface area contributed by atoms with Crippen LogP contribution in [-0.4, -0.2) is 5.91 Å². The minimum Gasteiger partial charge on any atom is -0.398 e. The number of hydrogen-bond acceptors (Lipinski definition) is 2. The van der Waals surface area contributed by atoms with Gasteiger partial charge in [-0.25, -0.2) is 13.2 Å². The minimum atomic E-state index is -1.17. The molecule has 0 heterocycles. The average molecular weight is 392 g/mol. The second-order valence-corrected chi connectivity index (χ2v) is 5.09. The van der Waals surface area contributed by atoms with Gasteiger partial charge in [0.25, 0.3) is 5.91 Å². The Labute approximate surface area is 126 Å². The second kappa shape index (κ2) is 5.70. The molecule has 0 aliphatic rings. The summed E-state index contributed by atoms with van der Waals surface area (Å²) in [6, 6.07) is 5.22. The van der Waals surface area contributed by atoms with Crippen molar-refractivity contribution in [3.05, 3.63) is 56.9 Å². The Morgan fingerprint density at radius 1 is 1.10 bits per heavy atom. The molecule has 0 spiro atoms. The molecule has 3 N–H and O–H groups in total. The van der Waals surface area contributed by atoms with Crippen LogP contribution in [0.1, 0.15) is 10.4 Å². The molecule has 0 saturated carbocycles. The summed E-state index contributed by atoms with van der Waals surface area (Å²) in [6.45, 7) is 0. The van der Waals surface area contributed by atoms with Crippen molar-refractivity contribution in [1.29, 1.82) is 0 Å². The van der Waals surface area contributed by atoms with Crippen LogP contribution < -0.4 is 11.1 Å². The van der Waals surface area contributed by atoms with E-state index >= 15 is 0 Å². The number of halogens is 4. The first-order valence-electron chi connectivity index (χ1n) is 5.39. The van der Waals surface area contributed by atoms with E-state index in [9.17, 15) is 18.0 Å². The van der Waals surface area contributed by atoms with Crippen molar-refractivity contribution in [2.75, 3.05) is 11.1 Å². The van der Waals surface area contributed by atoms with E-state index in [-0.39, 0.29) is 11.3 Å². The molecule has 0 atom stereocenters. The summed E-state index contributed by atoms with van der Waals surface area (Å²) >= 11 is 1.84. The molecule has 3 nitrogen and oxygen atoms in total. The summed E-state index contributed by atoms with van der Waals surface area (Å²) in [6.07, 6.45) is 0. The monoisotopic (exact) mass is 392 g/mol. The maximum Gasteiger partial charge on any atom is 0.257 e. The molecule has 0 bridgehead atoms. The van der Waals surface area contributed by atoms with Gasteiger partial charge in [0.1, 0.15) is 5.82 Å². The molecule has 20 heavy (non-hydrogen) atoms. The molecule has 0 aliphatic carbocycles. The average Bonchev–Trinajstić information content (AvgIpc) is 2.37. The fraction of sp³-hybridized carbons (Fsp3) is 0. The van der Waals surface area contributed by atoms with Crippen molar-refractivity contribution >= 4 is 39.9 Å². The quantitative estimate of drug-likeness (QED) is 0.607. The van der Waals surface area contributed by atoms with E-state index in [4.69, 9.17) is 5.73 Å². The number of carbonyl (C=O) groups is 1. The number of anilines is 2. The van der Waals surface area contributed by atoms with Gasteiger partial charge in [-0.3, -0.25) is 4.79 Å². The highest BCUT2D eigenvalue weighted by Crippen LogP contribution is 2.22. The van der Waals surface area contributed by atoms with Gasteiger partial charge < -0.3 is 11.1 Å². The van der Waals surface area contributed by atoms with Crippen LogP contribution in [0.2, 0.25) is 0 Å². The zero-order chi connectivity index (χ0) is 14.9. The Hall–Kier alpha value is -1.77. The molecule has 0 aromatic heterocycles. The van der Waals surface area contributed by atoms with E-state index in [2.05, 4.69) is 5.32 Å². The van der Waals surface area contributed by atoms with E-state index in [0.29, 0.717) is 9.26 Å². The summed E-state index contributed by atoms with van der Waals surface area (Å²) in [7, 11) is 0. The SMILES string of the molecule is Nc1cc(F)c(F)cc1C(=O)Nc1ccc(F)cc1I. The highest BCUT2D eigenvalue weighted by molar-refractivity contribution is 14.1. The maximum atomic E-state index is 13.1. The van der Waals surface area contributed by atoms with Gasteiger partial charge in [-0.15, -0.1) is 0 Å². The van der Waals surface area contributed by atoms with E-state index in [1.54, 1.807) is 0 Å². The van der Waals surface area contributed by atoms with Gasteiger partial charge in [0, 0.05) is 15.3 Å². The Morgan fingerprint density at radius 3 is 2.40 bits per heavy atom. The van der Waals surface area contributed by atoms with Crippen LogP contribution in [0, 0.1) is 21.0 Å². The Kier molecular flexibility index (Phi) is 4.17. The molecular formula is C13H8F3IN2O. The largest absolute Gasteiger partial charge is 0.398 e. The van der Waals surface area contributed by atoms with Crippen LogP contribution >= 0.6 is 22.6 Å². The molecule has 7 heteroatoms. The smallest absolute Gasteiger partial charge is 0.257 e. The number of rotatable bonds is 2. The standard InChI is InChI=1S/C13H8F3IN2O/c14-6-1-2-12(10(17)3-6)19-13(20)7-4-8(15)9(16)5-11(7)18/h1-5H,18H2,(H,19,20). The third kappa shape index (κ3) is 3.03. The van der Waals surface area contributed by atoms with Crippen LogP contribution in [0.3, 0.4) is 0 Å². The van der Waals surface area contributed by atoms with Crippen molar-refractivity contribution in [2.24, 2.45) is 0 Å². The molecule has 0 saturated heterocycles.